The van der Waals surface area contributed by atoms with Gasteiger partial charge in [-0.1, -0.05) is 0 Å². The highest BCUT2D eigenvalue weighted by Gasteiger charge is 2.26. The molecule has 2 aromatic rings. The van der Waals surface area contributed by atoms with Crippen LogP contribution in [0.1, 0.15) is 48.8 Å². The SMILES string of the molecule is CC1CN(c2ccnc(C(=O)Nc3cc(C4CC4)[nH]n3)c2)CC(C)O1. The number of nitrogens with zero attached hydrogens (tertiary/aromatic N) is 3. The van der Waals surface area contributed by atoms with Crippen molar-refractivity contribution in [3.8, 4) is 0 Å². The van der Waals surface area contributed by atoms with Crippen molar-refractivity contribution in [1.82, 2.24) is 15.2 Å². The van der Waals surface area contributed by atoms with Crippen LogP contribution >= 0.6 is 0 Å². The van der Waals surface area contributed by atoms with Gasteiger partial charge in [0.05, 0.1) is 12.2 Å². The van der Waals surface area contributed by atoms with Crippen molar-refractivity contribution < 1.29 is 9.53 Å². The summed E-state index contributed by atoms with van der Waals surface area (Å²) in [5, 5.41) is 9.98. The normalized spacial score (nSPS) is 23.5. The van der Waals surface area contributed by atoms with Crippen molar-refractivity contribution >= 4 is 17.4 Å². The first-order valence-electron chi connectivity index (χ1n) is 8.81. The van der Waals surface area contributed by atoms with Crippen LogP contribution in [0.3, 0.4) is 0 Å². The number of pyridine rings is 1. The summed E-state index contributed by atoms with van der Waals surface area (Å²) in [6, 6.07) is 5.67. The Morgan fingerprint density at radius 1 is 1.28 bits per heavy atom. The van der Waals surface area contributed by atoms with E-state index in [-0.39, 0.29) is 18.1 Å². The summed E-state index contributed by atoms with van der Waals surface area (Å²) in [4.78, 5) is 18.9. The molecule has 1 saturated carbocycles. The molecule has 2 aliphatic rings. The molecule has 25 heavy (non-hydrogen) atoms. The lowest BCUT2D eigenvalue weighted by atomic mass is 10.2. The molecule has 2 atom stereocenters. The fraction of sp³-hybridized carbons (Fsp3) is 0.500. The van der Waals surface area contributed by atoms with Gasteiger partial charge in [0.15, 0.2) is 5.82 Å². The van der Waals surface area contributed by atoms with E-state index < -0.39 is 0 Å². The molecule has 0 spiro atoms. The standard InChI is InChI=1S/C18H23N5O2/c1-11-9-23(10-12(2)25-11)14-5-6-19-16(7-14)18(24)20-17-8-15(21-22-17)13-3-4-13/h5-8,11-13H,3-4,9-10H2,1-2H3,(H2,20,21,22,24). The van der Waals surface area contributed by atoms with Crippen molar-refractivity contribution in [1.29, 1.82) is 0 Å². The summed E-state index contributed by atoms with van der Waals surface area (Å²) in [6.45, 7) is 5.73. The molecule has 2 fully saturated rings. The highest BCUT2D eigenvalue weighted by Crippen LogP contribution is 2.39. The number of nitrogens with one attached hydrogen (secondary N) is 2. The van der Waals surface area contributed by atoms with Crippen LogP contribution in [0, 0.1) is 0 Å². The van der Waals surface area contributed by atoms with Gasteiger partial charge in [0.1, 0.15) is 5.69 Å². The number of rotatable bonds is 4. The maximum atomic E-state index is 12.5. The van der Waals surface area contributed by atoms with Crippen LogP contribution in [0.5, 0.6) is 0 Å². The van der Waals surface area contributed by atoms with E-state index in [9.17, 15) is 4.79 Å². The minimum Gasteiger partial charge on any atom is -0.372 e. The summed E-state index contributed by atoms with van der Waals surface area (Å²) >= 11 is 0. The van der Waals surface area contributed by atoms with Gasteiger partial charge in [-0.15, -0.1) is 0 Å². The highest BCUT2D eigenvalue weighted by molar-refractivity contribution is 6.02. The first-order chi connectivity index (χ1) is 12.1. The molecule has 4 rings (SSSR count). The van der Waals surface area contributed by atoms with Gasteiger partial charge >= 0.3 is 0 Å². The van der Waals surface area contributed by atoms with Gasteiger partial charge < -0.3 is 15.0 Å². The largest absolute Gasteiger partial charge is 0.372 e. The van der Waals surface area contributed by atoms with Gasteiger partial charge in [-0.05, 0) is 38.8 Å². The second-order valence-corrected chi connectivity index (χ2v) is 7.00. The van der Waals surface area contributed by atoms with Crippen molar-refractivity contribution in [2.45, 2.75) is 44.8 Å². The maximum absolute atomic E-state index is 12.5. The average molecular weight is 341 g/mol. The first kappa shape index (κ1) is 16.1. The lowest BCUT2D eigenvalue weighted by Crippen LogP contribution is -2.45. The molecular formula is C18H23N5O2. The minimum absolute atomic E-state index is 0.166. The molecule has 7 nitrogen and oxygen atoms in total. The lowest BCUT2D eigenvalue weighted by Gasteiger charge is -2.36. The third kappa shape index (κ3) is 3.66. The summed E-state index contributed by atoms with van der Waals surface area (Å²) in [5.74, 6) is 0.877. The number of carbonyl (C=O) groups is 1. The number of carbonyl (C=O) groups excluding carboxylic acids is 1. The predicted octanol–water partition coefficient (Wildman–Crippen LogP) is 2.55. The van der Waals surface area contributed by atoms with Gasteiger partial charge in [-0.2, -0.15) is 5.10 Å². The molecule has 132 valence electrons. The second kappa shape index (κ2) is 6.48. The zero-order valence-corrected chi connectivity index (χ0v) is 14.5. The monoisotopic (exact) mass is 341 g/mol. The first-order valence-corrected chi connectivity index (χ1v) is 8.81. The van der Waals surface area contributed by atoms with E-state index in [0.717, 1.165) is 24.5 Å². The van der Waals surface area contributed by atoms with Gasteiger partial charge in [0.25, 0.3) is 5.91 Å². The Morgan fingerprint density at radius 3 is 2.76 bits per heavy atom. The third-order valence-electron chi connectivity index (χ3n) is 4.62. The van der Waals surface area contributed by atoms with Crippen LogP contribution in [0.4, 0.5) is 11.5 Å². The van der Waals surface area contributed by atoms with E-state index >= 15 is 0 Å². The lowest BCUT2D eigenvalue weighted by molar-refractivity contribution is -0.00522. The Hall–Kier alpha value is -2.41. The molecule has 7 heteroatoms. The molecular weight excluding hydrogens is 318 g/mol. The van der Waals surface area contributed by atoms with Crippen LogP contribution in [0.2, 0.25) is 0 Å². The van der Waals surface area contributed by atoms with E-state index in [1.807, 2.05) is 18.2 Å². The highest BCUT2D eigenvalue weighted by atomic mass is 16.5. The van der Waals surface area contributed by atoms with Crippen molar-refractivity contribution in [2.75, 3.05) is 23.3 Å². The van der Waals surface area contributed by atoms with Gasteiger partial charge in [-0.3, -0.25) is 14.9 Å². The number of amides is 1. The maximum Gasteiger partial charge on any atom is 0.275 e. The van der Waals surface area contributed by atoms with Crippen LogP contribution in [0.15, 0.2) is 24.4 Å². The Balaban J connectivity index is 1.47. The Kier molecular flexibility index (Phi) is 4.17. The molecule has 0 aromatic carbocycles. The molecule has 1 aliphatic carbocycles. The molecule has 2 N–H and O–H groups in total. The molecule has 1 aliphatic heterocycles. The molecule has 0 bridgehead atoms. The van der Waals surface area contributed by atoms with E-state index in [0.29, 0.717) is 17.4 Å². The zero-order valence-electron chi connectivity index (χ0n) is 14.5. The summed E-state index contributed by atoms with van der Waals surface area (Å²) in [5.41, 5.74) is 2.47. The third-order valence-corrected chi connectivity index (χ3v) is 4.62. The topological polar surface area (TPSA) is 83.1 Å². The minimum atomic E-state index is -0.245. The van der Waals surface area contributed by atoms with Gasteiger partial charge in [-0.25, -0.2) is 0 Å². The summed E-state index contributed by atoms with van der Waals surface area (Å²) in [6.07, 6.45) is 4.39. The number of ether oxygens (including phenoxy) is 1. The Morgan fingerprint density at radius 2 is 2.04 bits per heavy atom. The van der Waals surface area contributed by atoms with Crippen molar-refractivity contribution in [3.05, 3.63) is 35.8 Å². The zero-order chi connectivity index (χ0) is 17.4. The molecule has 2 unspecified atom stereocenters. The van der Waals surface area contributed by atoms with Crippen LogP contribution in [-0.2, 0) is 4.74 Å². The van der Waals surface area contributed by atoms with E-state index in [1.54, 1.807) is 6.20 Å². The van der Waals surface area contributed by atoms with Gasteiger partial charge in [0.2, 0.25) is 0 Å². The molecule has 1 amide bonds. The van der Waals surface area contributed by atoms with E-state index in [1.165, 1.54) is 12.8 Å². The number of hydrogen-bond donors (Lipinski definition) is 2. The summed E-state index contributed by atoms with van der Waals surface area (Å²) in [7, 11) is 0. The number of morpholine rings is 1. The van der Waals surface area contributed by atoms with Crippen molar-refractivity contribution in [3.63, 3.8) is 0 Å². The smallest absolute Gasteiger partial charge is 0.275 e. The fourth-order valence-corrected chi connectivity index (χ4v) is 3.31. The molecule has 3 heterocycles. The second-order valence-electron chi connectivity index (χ2n) is 7.00. The predicted molar refractivity (Wildman–Crippen MR) is 95.0 cm³/mol. The molecule has 0 radical (unpaired) electrons. The number of hydrogen-bond acceptors (Lipinski definition) is 5. The number of H-pyrrole nitrogens is 1. The van der Waals surface area contributed by atoms with Crippen LogP contribution in [0.25, 0.3) is 0 Å². The number of anilines is 2. The van der Waals surface area contributed by atoms with E-state index in [4.69, 9.17) is 4.74 Å². The van der Waals surface area contributed by atoms with Crippen LogP contribution in [-0.4, -0.2) is 46.4 Å². The quantitative estimate of drug-likeness (QED) is 0.893. The number of aromatic nitrogens is 3. The average Bonchev–Trinajstić information content (AvgIpc) is 3.34. The van der Waals surface area contributed by atoms with Gasteiger partial charge in [0, 0.05) is 42.7 Å². The summed E-state index contributed by atoms with van der Waals surface area (Å²) < 4.78 is 5.77. The molecule has 1 saturated heterocycles. The Labute approximate surface area is 146 Å². The fourth-order valence-electron chi connectivity index (χ4n) is 3.31. The number of aromatic amines is 1. The van der Waals surface area contributed by atoms with Crippen LogP contribution < -0.4 is 10.2 Å². The Bertz CT molecular complexity index is 760. The van der Waals surface area contributed by atoms with E-state index in [2.05, 4.69) is 39.2 Å². The van der Waals surface area contributed by atoms with Crippen molar-refractivity contribution in [2.24, 2.45) is 0 Å². The molecule has 2 aromatic heterocycles.